The van der Waals surface area contributed by atoms with Gasteiger partial charge < -0.3 is 9.84 Å². The lowest BCUT2D eigenvalue weighted by molar-refractivity contribution is 0.353. The van der Waals surface area contributed by atoms with Crippen molar-refractivity contribution in [2.24, 2.45) is 0 Å². The molecule has 1 aliphatic rings. The SMILES string of the molecule is CCCCc1noc(CNC2CCCC2)n1. The zero-order valence-electron chi connectivity index (χ0n) is 10.0. The van der Waals surface area contributed by atoms with Gasteiger partial charge in [-0.3, -0.25) is 0 Å². The molecule has 2 rings (SSSR count). The lowest BCUT2D eigenvalue weighted by atomic mass is 10.2. The second-order valence-electron chi connectivity index (χ2n) is 4.57. The minimum absolute atomic E-state index is 0.658. The summed E-state index contributed by atoms with van der Waals surface area (Å²) < 4.78 is 5.20. The first kappa shape index (κ1) is 11.6. The number of unbranched alkanes of at least 4 members (excludes halogenated alkanes) is 1. The van der Waals surface area contributed by atoms with Gasteiger partial charge >= 0.3 is 0 Å². The zero-order chi connectivity index (χ0) is 11.2. The molecule has 1 aromatic rings. The van der Waals surface area contributed by atoms with E-state index in [0.29, 0.717) is 6.04 Å². The maximum Gasteiger partial charge on any atom is 0.240 e. The van der Waals surface area contributed by atoms with Crippen LogP contribution in [-0.2, 0) is 13.0 Å². The maximum atomic E-state index is 5.20. The van der Waals surface area contributed by atoms with Gasteiger partial charge in [0.15, 0.2) is 5.82 Å². The van der Waals surface area contributed by atoms with Crippen molar-refractivity contribution in [3.63, 3.8) is 0 Å². The molecule has 1 aliphatic carbocycles. The number of nitrogens with one attached hydrogen (secondary N) is 1. The Balaban J connectivity index is 1.73. The molecule has 0 spiro atoms. The lowest BCUT2D eigenvalue weighted by Crippen LogP contribution is -2.25. The summed E-state index contributed by atoms with van der Waals surface area (Å²) in [6, 6.07) is 0.658. The third-order valence-electron chi connectivity index (χ3n) is 3.16. The van der Waals surface area contributed by atoms with Crippen molar-refractivity contribution in [3.05, 3.63) is 11.7 Å². The molecule has 1 aromatic heterocycles. The molecular formula is C12H21N3O. The number of rotatable bonds is 6. The van der Waals surface area contributed by atoms with Crippen molar-refractivity contribution in [2.75, 3.05) is 0 Å². The molecule has 1 fully saturated rings. The Hall–Kier alpha value is -0.900. The van der Waals surface area contributed by atoms with Crippen LogP contribution >= 0.6 is 0 Å². The van der Waals surface area contributed by atoms with Crippen LogP contribution in [0.15, 0.2) is 4.52 Å². The second-order valence-corrected chi connectivity index (χ2v) is 4.57. The van der Waals surface area contributed by atoms with Crippen molar-refractivity contribution >= 4 is 0 Å². The molecular weight excluding hydrogens is 202 g/mol. The Morgan fingerprint density at radius 1 is 1.38 bits per heavy atom. The van der Waals surface area contributed by atoms with Crippen molar-refractivity contribution < 1.29 is 4.52 Å². The van der Waals surface area contributed by atoms with Crippen LogP contribution in [0.25, 0.3) is 0 Å². The Morgan fingerprint density at radius 2 is 2.19 bits per heavy atom. The largest absolute Gasteiger partial charge is 0.338 e. The third-order valence-corrected chi connectivity index (χ3v) is 3.16. The van der Waals surface area contributed by atoms with E-state index in [9.17, 15) is 0 Å². The minimum Gasteiger partial charge on any atom is -0.338 e. The molecule has 0 unspecified atom stereocenters. The van der Waals surface area contributed by atoms with Crippen LogP contribution in [0.4, 0.5) is 0 Å². The van der Waals surface area contributed by atoms with Crippen LogP contribution in [-0.4, -0.2) is 16.2 Å². The highest BCUT2D eigenvalue weighted by Crippen LogP contribution is 2.17. The van der Waals surface area contributed by atoms with Gasteiger partial charge in [0.05, 0.1) is 6.54 Å². The average molecular weight is 223 g/mol. The summed E-state index contributed by atoms with van der Waals surface area (Å²) in [5.41, 5.74) is 0. The monoisotopic (exact) mass is 223 g/mol. The molecule has 16 heavy (non-hydrogen) atoms. The van der Waals surface area contributed by atoms with Crippen LogP contribution in [0.3, 0.4) is 0 Å². The highest BCUT2D eigenvalue weighted by molar-refractivity contribution is 4.87. The lowest BCUT2D eigenvalue weighted by Gasteiger charge is -2.08. The summed E-state index contributed by atoms with van der Waals surface area (Å²) in [6.45, 7) is 2.90. The van der Waals surface area contributed by atoms with Crippen LogP contribution in [0.2, 0.25) is 0 Å². The topological polar surface area (TPSA) is 51.0 Å². The van der Waals surface area contributed by atoms with Gasteiger partial charge in [-0.25, -0.2) is 0 Å². The van der Waals surface area contributed by atoms with Gasteiger partial charge in [0.2, 0.25) is 5.89 Å². The molecule has 0 saturated heterocycles. The van der Waals surface area contributed by atoms with Gasteiger partial charge in [-0.2, -0.15) is 4.98 Å². The van der Waals surface area contributed by atoms with Gasteiger partial charge in [0, 0.05) is 12.5 Å². The summed E-state index contributed by atoms with van der Waals surface area (Å²) in [4.78, 5) is 4.37. The Morgan fingerprint density at radius 3 is 2.94 bits per heavy atom. The highest BCUT2D eigenvalue weighted by Gasteiger charge is 2.15. The summed E-state index contributed by atoms with van der Waals surface area (Å²) in [7, 11) is 0. The molecule has 1 saturated carbocycles. The summed E-state index contributed by atoms with van der Waals surface area (Å²) >= 11 is 0. The van der Waals surface area contributed by atoms with E-state index in [-0.39, 0.29) is 0 Å². The first-order valence-electron chi connectivity index (χ1n) is 6.43. The first-order chi connectivity index (χ1) is 7.88. The highest BCUT2D eigenvalue weighted by atomic mass is 16.5. The molecule has 4 nitrogen and oxygen atoms in total. The normalized spacial score (nSPS) is 17.1. The van der Waals surface area contributed by atoms with Gasteiger partial charge in [-0.1, -0.05) is 31.3 Å². The van der Waals surface area contributed by atoms with E-state index in [2.05, 4.69) is 22.4 Å². The van der Waals surface area contributed by atoms with Crippen molar-refractivity contribution in [2.45, 2.75) is 64.5 Å². The summed E-state index contributed by atoms with van der Waals surface area (Å²) in [5, 5.41) is 7.44. The van der Waals surface area contributed by atoms with E-state index in [1.807, 2.05) is 0 Å². The van der Waals surface area contributed by atoms with Crippen LogP contribution < -0.4 is 5.32 Å². The van der Waals surface area contributed by atoms with Gasteiger partial charge in [0.25, 0.3) is 0 Å². The van der Waals surface area contributed by atoms with E-state index in [1.165, 1.54) is 32.1 Å². The van der Waals surface area contributed by atoms with E-state index in [4.69, 9.17) is 4.52 Å². The number of aryl methyl sites for hydroxylation is 1. The summed E-state index contributed by atoms with van der Waals surface area (Å²) in [5.74, 6) is 1.59. The molecule has 0 aliphatic heterocycles. The number of hydrogen-bond acceptors (Lipinski definition) is 4. The van der Waals surface area contributed by atoms with Crippen LogP contribution in [0.5, 0.6) is 0 Å². The Kier molecular flexibility index (Phi) is 4.34. The van der Waals surface area contributed by atoms with Crippen LogP contribution in [0, 0.1) is 0 Å². The van der Waals surface area contributed by atoms with Gasteiger partial charge in [-0.05, 0) is 19.3 Å². The fourth-order valence-corrected chi connectivity index (χ4v) is 2.16. The van der Waals surface area contributed by atoms with Crippen molar-refractivity contribution in [1.29, 1.82) is 0 Å². The molecule has 1 N–H and O–H groups in total. The molecule has 0 amide bonds. The fourth-order valence-electron chi connectivity index (χ4n) is 2.16. The van der Waals surface area contributed by atoms with Gasteiger partial charge in [0.1, 0.15) is 0 Å². The number of aromatic nitrogens is 2. The summed E-state index contributed by atoms with van der Waals surface area (Å²) in [6.07, 6.45) is 8.52. The average Bonchev–Trinajstić information content (AvgIpc) is 2.95. The molecule has 0 bridgehead atoms. The fraction of sp³-hybridized carbons (Fsp3) is 0.833. The van der Waals surface area contributed by atoms with E-state index in [0.717, 1.165) is 31.1 Å². The molecule has 0 atom stereocenters. The predicted octanol–water partition coefficient (Wildman–Crippen LogP) is 2.44. The number of hydrogen-bond donors (Lipinski definition) is 1. The minimum atomic E-state index is 0.658. The van der Waals surface area contributed by atoms with E-state index in [1.54, 1.807) is 0 Å². The Bertz CT molecular complexity index is 305. The van der Waals surface area contributed by atoms with E-state index >= 15 is 0 Å². The standard InChI is InChI=1S/C12H21N3O/c1-2-3-8-11-14-12(16-15-11)9-13-10-6-4-5-7-10/h10,13H,2-9H2,1H3. The Labute approximate surface area is 96.8 Å². The maximum absolute atomic E-state index is 5.20. The van der Waals surface area contributed by atoms with E-state index < -0.39 is 0 Å². The van der Waals surface area contributed by atoms with Crippen molar-refractivity contribution in [3.8, 4) is 0 Å². The van der Waals surface area contributed by atoms with Gasteiger partial charge in [-0.15, -0.1) is 0 Å². The molecule has 4 heteroatoms. The predicted molar refractivity (Wildman–Crippen MR) is 62.0 cm³/mol. The first-order valence-corrected chi connectivity index (χ1v) is 6.43. The molecule has 0 aromatic carbocycles. The van der Waals surface area contributed by atoms with Crippen LogP contribution in [0.1, 0.15) is 57.2 Å². The molecule has 0 radical (unpaired) electrons. The van der Waals surface area contributed by atoms with Crippen molar-refractivity contribution in [1.82, 2.24) is 15.5 Å². The quantitative estimate of drug-likeness (QED) is 0.804. The number of nitrogens with zero attached hydrogens (tertiary/aromatic N) is 2. The zero-order valence-corrected chi connectivity index (χ0v) is 10.0. The molecule has 1 heterocycles. The second kappa shape index (κ2) is 5.99. The third kappa shape index (κ3) is 3.30. The molecule has 90 valence electrons. The smallest absolute Gasteiger partial charge is 0.240 e.